The molecule has 24 atom stereocenters. The fourth-order valence-electron chi connectivity index (χ4n) is 14.2. The molecule has 0 amide bonds. The average molecular weight is 2170 g/mol. The number of H-pyrrole nitrogens is 4. The number of halogens is 4. The van der Waals surface area contributed by atoms with Gasteiger partial charge in [0.1, 0.15) is 115 Å². The number of esters is 4. The molecule has 0 aliphatic carbocycles. The minimum atomic E-state index is -4.26. The fourth-order valence-corrected chi connectivity index (χ4v) is 21.4. The Bertz CT molecular complexity index is 5870. The summed E-state index contributed by atoms with van der Waals surface area (Å²) in [7, 11) is -16.9. The molecule has 12 N–H and O–H groups in total. The Morgan fingerprint density at radius 3 is 0.748 bits per heavy atom. The molecule has 143 heavy (non-hydrogen) atoms. The van der Waals surface area contributed by atoms with Crippen molar-refractivity contribution in [2.24, 2.45) is 5.92 Å². The summed E-state index contributed by atoms with van der Waals surface area (Å²) in [6.45, 7) is 19.0. The van der Waals surface area contributed by atoms with Crippen molar-refractivity contribution in [2.75, 3.05) is 52.9 Å². The SMILES string of the molecule is CCOC(=O)C(CC(C)C)NP(=O)(OC[C@H]1O[C@@H](n2ccc(=O)[nH]c2=O)[C@](C)(Cl)[C@@H]1O)Oc1ccccc1.CCOC(=O)[C@@H](C)N[P@@](=O)(OC[C@H]1O[C@@H](n2ccc(=O)[nH]c2=O)[C@](C)(Cl)[C@@H]1O)Oc1ccccc1.CCOC(=O)[C@H](C)N[P@@](=O)(OC[C@H]1O[C@@H](n2ccc(=O)[nH]c2=O)[C@](C)(Cl)[C@@H]1O)Oc1ccccc1.CCOC(=O)[C@H](C)N[P@](=O)(OC[C@H]1O[C@@H](n2ccc(=O)[nH]c2=O)[C@](C)(Cl)[C@@H]1O)Oc1ccccc1. The molecule has 4 aliphatic rings. The smallest absolute Gasteiger partial charge is 0.459 e. The lowest BCUT2D eigenvalue weighted by atomic mass is 10.0. The van der Waals surface area contributed by atoms with Crippen molar-refractivity contribution in [1.29, 1.82) is 0 Å². The lowest BCUT2D eigenvalue weighted by Crippen LogP contribution is -2.43. The molecular formula is C87H114Cl4N12O36P4. The number of hydrogen-bond acceptors (Lipinski definition) is 36. The standard InChI is InChI=1S/C24H33ClN3O9P.3C21H27ClN3O9P/c1-5-34-21(31)17(13-15(2)3)27-38(33,37-16-9-7-6-8-10-16)35-14-18-20(30)24(4,25)22(36-18)28-12-11-19(29)26-23(28)32;3*1-4-31-18(28)13(2)24-35(30,34-14-8-6-5-7-9-14)32-12-15-17(27)21(3,22)19(33-15)25-11-10-16(26)23-20(25)29/h6-12,15,17-18,20,22,30H,5,13-14H2,1-4H3,(H,27,33)(H,26,29,32);3*5-11,13,15,17,19,27H,4,12H2,1-3H3,(H,24,30)(H,23,26,29)/t17?,18-,20-,22-,24-,38?;13-,15+,17+,19+,21+,35+;13-,15+,17+,19+,21+,35-;13-,15-,17-,19-,21-,35-/m1001/s1. The average Bonchev–Trinajstić information content (AvgIpc) is 1.63. The summed E-state index contributed by atoms with van der Waals surface area (Å²) in [5.74, 6) is -1.78. The fraction of sp³-hybridized carbons (Fsp3) is 0.494. The van der Waals surface area contributed by atoms with Gasteiger partial charge in [-0.3, -0.25) is 94.7 Å². The van der Waals surface area contributed by atoms with Crippen LogP contribution >= 0.6 is 77.4 Å². The van der Waals surface area contributed by atoms with Gasteiger partial charge in [-0.05, 0) is 137 Å². The van der Waals surface area contributed by atoms with Gasteiger partial charge in [0.25, 0.3) is 22.2 Å². The number of ether oxygens (including phenoxy) is 8. The molecule has 0 bridgehead atoms. The summed E-state index contributed by atoms with van der Waals surface area (Å²) in [4.78, 5) is 146. The minimum absolute atomic E-state index is 0.0374. The zero-order chi connectivity index (χ0) is 105. The highest BCUT2D eigenvalue weighted by atomic mass is 35.5. The van der Waals surface area contributed by atoms with Crippen LogP contribution in [-0.2, 0) is 93.4 Å². The molecule has 56 heteroatoms. The first-order chi connectivity index (χ1) is 67.3. The molecule has 8 aromatic rings. The third-order valence-corrected chi connectivity index (χ3v) is 29.5. The molecular weight excluding hydrogens is 2050 g/mol. The van der Waals surface area contributed by atoms with Gasteiger partial charge in [-0.15, -0.1) is 46.4 Å². The lowest BCUT2D eigenvalue weighted by Gasteiger charge is -2.27. The topological polar surface area (TPSA) is 633 Å². The summed E-state index contributed by atoms with van der Waals surface area (Å²) in [6, 6.07) is 32.9. The highest BCUT2D eigenvalue weighted by molar-refractivity contribution is 7.53. The molecule has 0 radical (unpaired) electrons. The molecule has 4 aromatic carbocycles. The molecule has 2 unspecified atom stereocenters. The van der Waals surface area contributed by atoms with Crippen molar-refractivity contribution in [3.63, 3.8) is 0 Å². The van der Waals surface area contributed by atoms with Crippen LogP contribution in [0.4, 0.5) is 0 Å². The van der Waals surface area contributed by atoms with Crippen LogP contribution in [0, 0.1) is 5.92 Å². The predicted octanol–water partition coefficient (Wildman–Crippen LogP) is 7.18. The predicted molar refractivity (Wildman–Crippen MR) is 515 cm³/mol. The minimum Gasteiger partial charge on any atom is -0.465 e. The largest absolute Gasteiger partial charge is 0.465 e. The normalized spacial score (nSPS) is 26.3. The number of aliphatic hydroxyl groups is 4. The maximum Gasteiger partial charge on any atom is 0.459 e. The van der Waals surface area contributed by atoms with E-state index in [4.69, 9.17) is 120 Å². The van der Waals surface area contributed by atoms with E-state index in [-0.39, 0.29) is 61.8 Å². The van der Waals surface area contributed by atoms with Gasteiger partial charge in [-0.2, -0.15) is 20.3 Å². The highest BCUT2D eigenvalue weighted by Gasteiger charge is 2.59. The molecule has 48 nitrogen and oxygen atoms in total. The number of carbonyl (C=O) groups is 4. The molecule has 786 valence electrons. The van der Waals surface area contributed by atoms with Crippen molar-refractivity contribution in [3.8, 4) is 23.0 Å². The molecule has 8 heterocycles. The quantitative estimate of drug-likeness (QED) is 0.00780. The Hall–Kier alpha value is -9.88. The Balaban J connectivity index is 0.000000213. The number of aromatic amines is 4. The summed E-state index contributed by atoms with van der Waals surface area (Å²) in [5, 5.41) is 53.4. The Morgan fingerprint density at radius 2 is 0.552 bits per heavy atom. The second kappa shape index (κ2) is 51.4. The molecule has 4 aliphatic heterocycles. The van der Waals surface area contributed by atoms with E-state index in [1.165, 1.54) is 73.3 Å². The van der Waals surface area contributed by atoms with Gasteiger partial charge in [0, 0.05) is 49.1 Å². The number of hydrogen-bond donors (Lipinski definition) is 12. The van der Waals surface area contributed by atoms with Crippen molar-refractivity contribution < 1.29 is 132 Å². The van der Waals surface area contributed by atoms with Crippen LogP contribution in [0.1, 0.15) is 121 Å². The van der Waals surface area contributed by atoms with E-state index in [2.05, 4.69) is 40.3 Å². The maximum atomic E-state index is 13.9. The van der Waals surface area contributed by atoms with Gasteiger partial charge in [0.15, 0.2) is 24.9 Å². The summed E-state index contributed by atoms with van der Waals surface area (Å²) < 4.78 is 146. The van der Waals surface area contributed by atoms with Crippen molar-refractivity contribution in [3.05, 3.63) is 254 Å². The van der Waals surface area contributed by atoms with Crippen LogP contribution < -0.4 is 83.4 Å². The summed E-state index contributed by atoms with van der Waals surface area (Å²) in [6.07, 6.45) is -9.78. The Labute approximate surface area is 836 Å². The zero-order valence-electron chi connectivity index (χ0n) is 79.3. The van der Waals surface area contributed by atoms with Gasteiger partial charge in [-0.1, -0.05) is 86.6 Å². The van der Waals surface area contributed by atoms with Gasteiger partial charge < -0.3 is 76.4 Å². The number of benzene rings is 4. The molecule has 4 saturated heterocycles. The number of aromatic nitrogens is 8. The van der Waals surface area contributed by atoms with Crippen LogP contribution in [0.25, 0.3) is 0 Å². The van der Waals surface area contributed by atoms with Crippen LogP contribution in [0.3, 0.4) is 0 Å². The van der Waals surface area contributed by atoms with Gasteiger partial charge in [0.05, 0.1) is 52.9 Å². The molecule has 0 saturated carbocycles. The first-order valence-electron chi connectivity index (χ1n) is 44.4. The van der Waals surface area contributed by atoms with Gasteiger partial charge in [0.2, 0.25) is 0 Å². The summed E-state index contributed by atoms with van der Waals surface area (Å²) in [5.41, 5.74) is -5.58. The first-order valence-corrected chi connectivity index (χ1v) is 52.0. The highest BCUT2D eigenvalue weighted by Crippen LogP contribution is 2.54. The Morgan fingerprint density at radius 1 is 0.350 bits per heavy atom. The van der Waals surface area contributed by atoms with E-state index in [1.54, 1.807) is 149 Å². The monoisotopic (exact) mass is 2170 g/mol. The molecule has 0 spiro atoms. The number of carbonyl (C=O) groups excluding carboxylic acids is 4. The van der Waals surface area contributed by atoms with Crippen molar-refractivity contribution >= 4 is 101 Å². The van der Waals surface area contributed by atoms with E-state index in [1.807, 2.05) is 13.8 Å². The maximum absolute atomic E-state index is 13.9. The number of nitrogens with zero attached hydrogens (tertiary/aromatic N) is 4. The zero-order valence-corrected chi connectivity index (χ0v) is 85.9. The van der Waals surface area contributed by atoms with Crippen molar-refractivity contribution in [1.82, 2.24) is 58.6 Å². The van der Waals surface area contributed by atoms with E-state index in [9.17, 15) is 96.2 Å². The van der Waals surface area contributed by atoms with Crippen LogP contribution in [0.5, 0.6) is 23.0 Å². The van der Waals surface area contributed by atoms with Crippen LogP contribution in [-0.4, -0.2) is 228 Å². The van der Waals surface area contributed by atoms with E-state index >= 15 is 0 Å². The van der Waals surface area contributed by atoms with Crippen molar-refractivity contribution in [2.45, 2.75) is 214 Å². The Kier molecular flexibility index (Phi) is 42.0. The first kappa shape index (κ1) is 117. The number of aliphatic hydroxyl groups excluding tert-OH is 4. The molecule has 12 rings (SSSR count). The second-order valence-electron chi connectivity index (χ2n) is 33.2. The number of para-hydroxylation sites is 4. The van der Waals surface area contributed by atoms with Gasteiger partial charge in [-0.25, -0.2) is 37.4 Å². The van der Waals surface area contributed by atoms with Crippen LogP contribution in [0.15, 0.2) is 209 Å². The third-order valence-electron chi connectivity index (χ3n) is 21.4. The number of nitrogens with one attached hydrogen (secondary N) is 8. The summed E-state index contributed by atoms with van der Waals surface area (Å²) >= 11 is 26.1. The van der Waals surface area contributed by atoms with Crippen LogP contribution in [0.2, 0.25) is 0 Å². The molecule has 4 aromatic heterocycles. The van der Waals surface area contributed by atoms with E-state index in [0.29, 0.717) is 0 Å². The van der Waals surface area contributed by atoms with E-state index in [0.717, 1.165) is 42.5 Å². The van der Waals surface area contributed by atoms with E-state index < -0.39 is 244 Å². The second-order valence-corrected chi connectivity index (χ2v) is 43.3. The molecule has 4 fully saturated rings. The number of alkyl halides is 4. The lowest BCUT2D eigenvalue weighted by molar-refractivity contribution is -0.146. The van der Waals surface area contributed by atoms with Gasteiger partial charge >= 0.3 is 77.6 Å². The third kappa shape index (κ3) is 31.6. The number of rotatable bonds is 42.